The van der Waals surface area contributed by atoms with Gasteiger partial charge in [0.25, 0.3) is 0 Å². The Morgan fingerprint density at radius 2 is 1.72 bits per heavy atom. The summed E-state index contributed by atoms with van der Waals surface area (Å²) in [6.07, 6.45) is 4.60. The normalized spacial score (nSPS) is 18.4. The zero-order chi connectivity index (χ0) is 12.7. The van der Waals surface area contributed by atoms with Crippen LogP contribution in [-0.2, 0) is 11.2 Å². The molecule has 2 fully saturated rings. The van der Waals surface area contributed by atoms with Gasteiger partial charge in [0, 0.05) is 0 Å². The number of carbonyl (C=O) groups is 1. The Labute approximate surface area is 106 Å². The van der Waals surface area contributed by atoms with E-state index in [0.717, 1.165) is 47.9 Å². The summed E-state index contributed by atoms with van der Waals surface area (Å²) in [5.74, 6) is 0.181. The third-order valence-corrected chi connectivity index (χ3v) is 3.76. The second-order valence-electron chi connectivity index (χ2n) is 5.38. The lowest BCUT2D eigenvalue weighted by molar-refractivity contribution is -0.136. The lowest BCUT2D eigenvalue weighted by Crippen LogP contribution is -2.04. The molecular weight excluding hydrogens is 226 g/mol. The number of hydrogen-bond acceptors (Lipinski definition) is 2. The molecule has 0 unspecified atom stereocenters. The van der Waals surface area contributed by atoms with E-state index in [1.807, 2.05) is 12.1 Å². The molecule has 0 amide bonds. The van der Waals surface area contributed by atoms with E-state index < -0.39 is 5.97 Å². The summed E-state index contributed by atoms with van der Waals surface area (Å²) in [6, 6.07) is 6.22. The highest BCUT2D eigenvalue weighted by atomic mass is 16.4. The molecule has 0 saturated heterocycles. The number of aliphatic carboxylic acids is 1. The molecule has 0 spiro atoms. The Kier molecular flexibility index (Phi) is 2.59. The summed E-state index contributed by atoms with van der Waals surface area (Å²) in [4.78, 5) is 10.9. The number of carboxylic acids is 1. The van der Waals surface area contributed by atoms with Crippen molar-refractivity contribution in [3.8, 4) is 6.07 Å². The van der Waals surface area contributed by atoms with Gasteiger partial charge in [0.2, 0.25) is 0 Å². The fraction of sp³-hybridized carbons (Fsp3) is 0.467. The average Bonchev–Trinajstić information content (AvgIpc) is 3.16. The molecule has 3 nitrogen and oxygen atoms in total. The number of hydrogen-bond donors (Lipinski definition) is 1. The Bertz CT molecular complexity index is 515. The Morgan fingerprint density at radius 1 is 1.22 bits per heavy atom. The summed E-state index contributed by atoms with van der Waals surface area (Å²) < 4.78 is 0. The van der Waals surface area contributed by atoms with Gasteiger partial charge in [0.15, 0.2) is 0 Å². The molecule has 2 aliphatic rings. The van der Waals surface area contributed by atoms with E-state index in [-0.39, 0.29) is 6.42 Å². The van der Waals surface area contributed by atoms with Crippen molar-refractivity contribution < 1.29 is 9.90 Å². The predicted molar refractivity (Wildman–Crippen MR) is 66.4 cm³/mol. The lowest BCUT2D eigenvalue weighted by Gasteiger charge is -2.11. The molecule has 3 rings (SSSR count). The van der Waals surface area contributed by atoms with Gasteiger partial charge >= 0.3 is 5.97 Å². The van der Waals surface area contributed by atoms with Crippen LogP contribution in [0.25, 0.3) is 0 Å². The van der Waals surface area contributed by atoms with E-state index >= 15 is 0 Å². The number of nitrogens with zero attached hydrogens (tertiary/aromatic N) is 1. The fourth-order valence-electron chi connectivity index (χ4n) is 2.59. The first-order valence-corrected chi connectivity index (χ1v) is 6.47. The van der Waals surface area contributed by atoms with Crippen LogP contribution in [0, 0.1) is 11.3 Å². The maximum absolute atomic E-state index is 10.9. The van der Waals surface area contributed by atoms with Gasteiger partial charge in [-0.15, -0.1) is 0 Å². The van der Waals surface area contributed by atoms with Crippen LogP contribution in [0.15, 0.2) is 12.1 Å². The summed E-state index contributed by atoms with van der Waals surface area (Å²) in [6.45, 7) is 0. The van der Waals surface area contributed by atoms with Gasteiger partial charge in [-0.1, -0.05) is 12.1 Å². The van der Waals surface area contributed by atoms with E-state index in [1.54, 1.807) is 0 Å². The minimum Gasteiger partial charge on any atom is -0.481 e. The van der Waals surface area contributed by atoms with Crippen molar-refractivity contribution in [2.75, 3.05) is 0 Å². The Hall–Kier alpha value is -1.82. The van der Waals surface area contributed by atoms with E-state index in [4.69, 9.17) is 5.11 Å². The maximum Gasteiger partial charge on any atom is 0.307 e. The van der Waals surface area contributed by atoms with Crippen molar-refractivity contribution >= 4 is 5.97 Å². The summed E-state index contributed by atoms with van der Waals surface area (Å²) >= 11 is 0. The van der Waals surface area contributed by atoms with Crippen molar-refractivity contribution in [1.82, 2.24) is 0 Å². The minimum atomic E-state index is -0.803. The standard InChI is InChI=1S/C15H15NO2/c16-8-14-12(10-1-2-10)5-9(7-15(17)18)6-13(14)11-3-4-11/h5-6,10-11H,1-4,7H2,(H,17,18). The molecule has 3 heteroatoms. The van der Waals surface area contributed by atoms with Crippen LogP contribution in [-0.4, -0.2) is 11.1 Å². The van der Waals surface area contributed by atoms with Crippen LogP contribution in [0.2, 0.25) is 0 Å². The lowest BCUT2D eigenvalue weighted by atomic mass is 9.92. The molecule has 1 N–H and O–H groups in total. The molecule has 2 aliphatic carbocycles. The summed E-state index contributed by atoms with van der Waals surface area (Å²) in [5.41, 5.74) is 3.87. The van der Waals surface area contributed by atoms with Crippen molar-refractivity contribution in [3.05, 3.63) is 34.4 Å². The van der Waals surface area contributed by atoms with Crippen molar-refractivity contribution in [2.45, 2.75) is 43.9 Å². The van der Waals surface area contributed by atoms with E-state index in [9.17, 15) is 10.1 Å². The van der Waals surface area contributed by atoms with Gasteiger partial charge in [-0.3, -0.25) is 4.79 Å². The second-order valence-corrected chi connectivity index (χ2v) is 5.38. The topological polar surface area (TPSA) is 61.1 Å². The number of rotatable bonds is 4. The van der Waals surface area contributed by atoms with Crippen LogP contribution in [0.3, 0.4) is 0 Å². The molecular formula is C15H15NO2. The van der Waals surface area contributed by atoms with Gasteiger partial charge in [0.05, 0.1) is 18.1 Å². The largest absolute Gasteiger partial charge is 0.481 e. The Morgan fingerprint density at radius 3 is 2.06 bits per heavy atom. The smallest absolute Gasteiger partial charge is 0.307 e. The molecule has 0 aromatic heterocycles. The highest BCUT2D eigenvalue weighted by molar-refractivity contribution is 5.71. The number of nitriles is 1. The zero-order valence-corrected chi connectivity index (χ0v) is 10.1. The third-order valence-electron chi connectivity index (χ3n) is 3.76. The molecule has 2 saturated carbocycles. The first kappa shape index (κ1) is 11.3. The highest BCUT2D eigenvalue weighted by Gasteiger charge is 2.32. The molecule has 0 radical (unpaired) electrons. The molecule has 1 aromatic carbocycles. The van der Waals surface area contributed by atoms with Crippen molar-refractivity contribution in [1.29, 1.82) is 5.26 Å². The first-order valence-electron chi connectivity index (χ1n) is 6.47. The van der Waals surface area contributed by atoms with Crippen LogP contribution in [0.5, 0.6) is 0 Å². The van der Waals surface area contributed by atoms with Gasteiger partial charge in [-0.05, 0) is 54.2 Å². The summed E-state index contributed by atoms with van der Waals surface area (Å²) in [5, 5.41) is 18.3. The van der Waals surface area contributed by atoms with Crippen LogP contribution in [0.1, 0.15) is 59.8 Å². The third kappa shape index (κ3) is 2.11. The Balaban J connectivity index is 2.07. The molecule has 18 heavy (non-hydrogen) atoms. The van der Waals surface area contributed by atoms with E-state index in [0.29, 0.717) is 11.8 Å². The molecule has 0 atom stereocenters. The highest BCUT2D eigenvalue weighted by Crippen LogP contribution is 2.47. The van der Waals surface area contributed by atoms with Gasteiger partial charge < -0.3 is 5.11 Å². The summed E-state index contributed by atoms with van der Waals surface area (Å²) in [7, 11) is 0. The number of benzene rings is 1. The number of carboxylic acid groups (broad SMARTS) is 1. The van der Waals surface area contributed by atoms with Crippen LogP contribution < -0.4 is 0 Å². The minimum absolute atomic E-state index is 0.0607. The zero-order valence-electron chi connectivity index (χ0n) is 10.1. The second kappa shape index (κ2) is 4.13. The van der Waals surface area contributed by atoms with Gasteiger partial charge in [-0.2, -0.15) is 5.26 Å². The van der Waals surface area contributed by atoms with Crippen molar-refractivity contribution in [2.24, 2.45) is 0 Å². The van der Waals surface area contributed by atoms with Gasteiger partial charge in [0.1, 0.15) is 0 Å². The van der Waals surface area contributed by atoms with E-state index in [2.05, 4.69) is 6.07 Å². The van der Waals surface area contributed by atoms with Crippen LogP contribution in [0.4, 0.5) is 0 Å². The molecule has 0 heterocycles. The molecule has 1 aromatic rings. The van der Waals surface area contributed by atoms with Crippen LogP contribution >= 0.6 is 0 Å². The SMILES string of the molecule is N#Cc1c(C2CC2)cc(CC(=O)O)cc1C1CC1. The quantitative estimate of drug-likeness (QED) is 0.881. The first-order chi connectivity index (χ1) is 8.69. The average molecular weight is 241 g/mol. The van der Waals surface area contributed by atoms with Gasteiger partial charge in [-0.25, -0.2) is 0 Å². The maximum atomic E-state index is 10.9. The molecule has 0 bridgehead atoms. The monoisotopic (exact) mass is 241 g/mol. The fourth-order valence-corrected chi connectivity index (χ4v) is 2.59. The molecule has 0 aliphatic heterocycles. The van der Waals surface area contributed by atoms with E-state index in [1.165, 1.54) is 0 Å². The van der Waals surface area contributed by atoms with Crippen molar-refractivity contribution in [3.63, 3.8) is 0 Å². The molecule has 92 valence electrons. The predicted octanol–water partition coefficient (Wildman–Crippen LogP) is 2.94.